The maximum Gasteiger partial charge on any atom is 0.352 e. The average Bonchev–Trinajstić information content (AvgIpc) is 2.48. The summed E-state index contributed by atoms with van der Waals surface area (Å²) in [5.41, 5.74) is 0. The Labute approximate surface area is 82.1 Å². The number of ether oxygens (including phenoxy) is 1. The van der Waals surface area contributed by atoms with Crippen LogP contribution in [0.15, 0.2) is 6.07 Å². The summed E-state index contributed by atoms with van der Waals surface area (Å²) in [4.78, 5) is -0.0307. The molecule has 0 aliphatic heterocycles. The van der Waals surface area contributed by atoms with Gasteiger partial charge in [0.25, 0.3) is 0 Å². The van der Waals surface area contributed by atoms with Crippen molar-refractivity contribution in [3.8, 4) is 5.88 Å². The van der Waals surface area contributed by atoms with E-state index in [4.69, 9.17) is 5.11 Å². The van der Waals surface area contributed by atoms with Crippen LogP contribution in [0.25, 0.3) is 0 Å². The molecule has 1 N–H and O–H groups in total. The molecule has 0 radical (unpaired) electrons. The highest BCUT2D eigenvalue weighted by atomic mass is 35.5. The molecule has 3 nitrogen and oxygen atoms in total. The third-order valence-corrected chi connectivity index (χ3v) is 2.33. The molecule has 0 amide bonds. The normalized spacial score (nSPS) is 14.2. The molecule has 7 heteroatoms. The fourth-order valence-electron chi connectivity index (χ4n) is 0.658. The molecule has 0 aliphatic rings. The fraction of sp³-hybridized carbons (Fsp3) is 0.500. The summed E-state index contributed by atoms with van der Waals surface area (Å²) in [5, 5.41) is 5.32. The Morgan fingerprint density at radius 3 is 2.77 bits per heavy atom. The minimum atomic E-state index is -3.68. The summed E-state index contributed by atoms with van der Waals surface area (Å²) in [7, 11) is 1.35. The third kappa shape index (κ3) is 2.49. The van der Waals surface area contributed by atoms with Crippen LogP contribution < -0.4 is 4.74 Å². The Bertz CT molecular complexity index is 288. The molecule has 0 saturated carbocycles. The largest absolute Gasteiger partial charge is 0.480 e. The van der Waals surface area contributed by atoms with Crippen molar-refractivity contribution in [2.45, 2.75) is 11.5 Å². The van der Waals surface area contributed by atoms with Crippen LogP contribution in [-0.2, 0) is 0 Å². The van der Waals surface area contributed by atoms with Gasteiger partial charge in [-0.3, -0.25) is 0 Å². The summed E-state index contributed by atoms with van der Waals surface area (Å²) in [5.74, 6) is 0.181. The zero-order chi connectivity index (χ0) is 10.1. The molecule has 13 heavy (non-hydrogen) atoms. The highest BCUT2D eigenvalue weighted by Crippen LogP contribution is 2.37. The van der Waals surface area contributed by atoms with E-state index in [1.165, 1.54) is 13.2 Å². The predicted molar refractivity (Wildman–Crippen MR) is 44.4 cm³/mol. The molecule has 1 aromatic rings. The molecular formula is C6H6ClF2NO2S. The smallest absolute Gasteiger partial charge is 0.352 e. The maximum absolute atomic E-state index is 12.4. The second kappa shape index (κ2) is 3.73. The number of hydrogen-bond donors (Lipinski definition) is 1. The van der Waals surface area contributed by atoms with E-state index in [-0.39, 0.29) is 10.8 Å². The Balaban J connectivity index is 2.83. The molecular weight excluding hydrogens is 224 g/mol. The van der Waals surface area contributed by atoms with Crippen LogP contribution in [0.4, 0.5) is 8.78 Å². The lowest BCUT2D eigenvalue weighted by Crippen LogP contribution is -2.17. The zero-order valence-corrected chi connectivity index (χ0v) is 8.07. The number of rotatable bonds is 3. The van der Waals surface area contributed by atoms with E-state index in [1.54, 1.807) is 0 Å². The van der Waals surface area contributed by atoms with Crippen molar-refractivity contribution in [2.24, 2.45) is 0 Å². The van der Waals surface area contributed by atoms with E-state index in [2.05, 4.69) is 20.7 Å². The van der Waals surface area contributed by atoms with E-state index in [0.29, 0.717) is 0 Å². The van der Waals surface area contributed by atoms with Crippen LogP contribution in [-0.4, -0.2) is 22.0 Å². The summed E-state index contributed by atoms with van der Waals surface area (Å²) in [6, 6.07) is 1.21. The van der Waals surface area contributed by atoms with Crippen molar-refractivity contribution in [2.75, 3.05) is 7.11 Å². The van der Waals surface area contributed by atoms with Gasteiger partial charge in [0.1, 0.15) is 0 Å². The van der Waals surface area contributed by atoms with Crippen LogP contribution in [0, 0.1) is 0 Å². The molecule has 0 saturated heterocycles. The molecule has 1 rings (SSSR count). The van der Waals surface area contributed by atoms with Gasteiger partial charge >= 0.3 is 5.38 Å². The molecule has 74 valence electrons. The second-order valence-electron chi connectivity index (χ2n) is 2.22. The summed E-state index contributed by atoms with van der Waals surface area (Å²) < 4.78 is 33.0. The zero-order valence-electron chi connectivity index (χ0n) is 6.50. The monoisotopic (exact) mass is 229 g/mol. The quantitative estimate of drug-likeness (QED) is 0.807. The predicted octanol–water partition coefficient (Wildman–Crippen LogP) is 2.02. The van der Waals surface area contributed by atoms with E-state index in [0.717, 1.165) is 11.5 Å². The first-order valence-corrected chi connectivity index (χ1v) is 4.35. The third-order valence-electron chi connectivity index (χ3n) is 1.30. The van der Waals surface area contributed by atoms with E-state index in [9.17, 15) is 8.78 Å². The molecule has 1 unspecified atom stereocenters. The van der Waals surface area contributed by atoms with E-state index >= 15 is 0 Å². The molecule has 1 aromatic heterocycles. The van der Waals surface area contributed by atoms with Crippen molar-refractivity contribution < 1.29 is 18.6 Å². The lowest BCUT2D eigenvalue weighted by atomic mass is 10.3. The number of methoxy groups -OCH3 is 1. The minimum Gasteiger partial charge on any atom is -0.480 e. The molecule has 0 bridgehead atoms. The fourth-order valence-corrected chi connectivity index (χ4v) is 1.56. The van der Waals surface area contributed by atoms with Gasteiger partial charge in [-0.05, 0) is 23.1 Å². The molecule has 0 fully saturated rings. The standard InChI is InChI=1S/C6H6ClF2NO2S/c1-12-4-2-3(13-10-4)5(11)6(7,8)9/h2,5,11H,1H3. The summed E-state index contributed by atoms with van der Waals surface area (Å²) in [6.45, 7) is 0. The Morgan fingerprint density at radius 2 is 2.38 bits per heavy atom. The van der Waals surface area contributed by atoms with Crippen molar-refractivity contribution in [1.29, 1.82) is 0 Å². The molecule has 0 spiro atoms. The van der Waals surface area contributed by atoms with Crippen molar-refractivity contribution >= 4 is 23.1 Å². The van der Waals surface area contributed by atoms with Crippen molar-refractivity contribution in [1.82, 2.24) is 4.37 Å². The molecule has 0 aromatic carbocycles. The van der Waals surface area contributed by atoms with Gasteiger partial charge in [-0.15, -0.1) is 0 Å². The Hall–Kier alpha value is -0.460. The van der Waals surface area contributed by atoms with Gasteiger partial charge in [0, 0.05) is 6.07 Å². The van der Waals surface area contributed by atoms with Crippen LogP contribution in [0.5, 0.6) is 5.88 Å². The molecule has 0 aliphatic carbocycles. The number of aliphatic hydroxyl groups is 1. The van der Waals surface area contributed by atoms with E-state index in [1.807, 2.05) is 0 Å². The number of hydrogen-bond acceptors (Lipinski definition) is 4. The van der Waals surface area contributed by atoms with Gasteiger partial charge < -0.3 is 9.84 Å². The Kier molecular flexibility index (Phi) is 3.05. The van der Waals surface area contributed by atoms with Crippen molar-refractivity contribution in [3.05, 3.63) is 10.9 Å². The first kappa shape index (κ1) is 10.6. The highest BCUT2D eigenvalue weighted by Gasteiger charge is 2.38. The first-order valence-electron chi connectivity index (χ1n) is 3.20. The van der Waals surface area contributed by atoms with Gasteiger partial charge in [-0.25, -0.2) is 0 Å². The van der Waals surface area contributed by atoms with Crippen molar-refractivity contribution in [3.63, 3.8) is 0 Å². The van der Waals surface area contributed by atoms with Gasteiger partial charge in [-0.2, -0.15) is 13.2 Å². The highest BCUT2D eigenvalue weighted by molar-refractivity contribution is 7.06. The van der Waals surface area contributed by atoms with Crippen LogP contribution in [0.1, 0.15) is 11.0 Å². The molecule has 1 atom stereocenters. The minimum absolute atomic E-state index is 0.0307. The number of nitrogens with zero attached hydrogens (tertiary/aromatic N) is 1. The lowest BCUT2D eigenvalue weighted by molar-refractivity contribution is -0.0406. The number of alkyl halides is 3. The van der Waals surface area contributed by atoms with E-state index < -0.39 is 11.5 Å². The van der Waals surface area contributed by atoms with Gasteiger partial charge in [0.05, 0.1) is 12.0 Å². The number of aliphatic hydroxyl groups excluding tert-OH is 1. The lowest BCUT2D eigenvalue weighted by Gasteiger charge is -2.12. The topological polar surface area (TPSA) is 42.4 Å². The summed E-state index contributed by atoms with van der Waals surface area (Å²) in [6.07, 6.45) is -2.05. The second-order valence-corrected chi connectivity index (χ2v) is 3.56. The maximum atomic E-state index is 12.4. The van der Waals surface area contributed by atoms with Gasteiger partial charge in [0.2, 0.25) is 5.88 Å². The van der Waals surface area contributed by atoms with Gasteiger partial charge in [-0.1, -0.05) is 0 Å². The Morgan fingerprint density at radius 1 is 1.77 bits per heavy atom. The first-order chi connectivity index (χ1) is 5.95. The summed E-state index contributed by atoms with van der Waals surface area (Å²) >= 11 is 5.34. The van der Waals surface area contributed by atoms with Crippen LogP contribution in [0.2, 0.25) is 0 Å². The van der Waals surface area contributed by atoms with Crippen LogP contribution in [0.3, 0.4) is 0 Å². The number of halogens is 3. The van der Waals surface area contributed by atoms with Crippen LogP contribution >= 0.6 is 23.1 Å². The average molecular weight is 230 g/mol. The SMILES string of the molecule is COc1cc(C(O)C(F)(F)Cl)sn1. The number of aromatic nitrogens is 1. The van der Waals surface area contributed by atoms with Gasteiger partial charge in [0.15, 0.2) is 6.10 Å². The molecule has 1 heterocycles.